The fourth-order valence-corrected chi connectivity index (χ4v) is 9.12. The second kappa shape index (κ2) is 10.7. The Hall–Kier alpha value is -1.72. The maximum Gasteiger partial charge on any atom is 0.261 e. The van der Waals surface area contributed by atoms with E-state index in [1.165, 1.54) is 10.4 Å². The van der Waals surface area contributed by atoms with Gasteiger partial charge in [-0.2, -0.15) is 0 Å². The molecular weight excluding hydrogens is 400 g/mol. The maximum atomic E-state index is 11.0. The molecule has 0 heterocycles. The van der Waals surface area contributed by atoms with Crippen LogP contribution in [0.3, 0.4) is 0 Å². The first kappa shape index (κ1) is 25.5. The van der Waals surface area contributed by atoms with E-state index in [0.29, 0.717) is 6.61 Å². The van der Waals surface area contributed by atoms with E-state index in [9.17, 15) is 10.2 Å². The molecule has 0 aliphatic heterocycles. The molecule has 0 bridgehead atoms. The van der Waals surface area contributed by atoms with Gasteiger partial charge >= 0.3 is 0 Å². The van der Waals surface area contributed by atoms with Crippen molar-refractivity contribution in [1.82, 2.24) is 0 Å². The number of benzene rings is 2. The predicted octanol–water partition coefficient (Wildman–Crippen LogP) is 4.38. The molecule has 0 fully saturated rings. The van der Waals surface area contributed by atoms with Crippen molar-refractivity contribution >= 4 is 18.7 Å². The van der Waals surface area contributed by atoms with E-state index in [1.807, 2.05) is 32.9 Å². The molecule has 4 heteroatoms. The molecule has 31 heavy (non-hydrogen) atoms. The van der Waals surface area contributed by atoms with Gasteiger partial charge in [-0.3, -0.25) is 0 Å². The highest BCUT2D eigenvalue weighted by atomic mass is 28.4. The molecule has 0 aromatic heterocycles. The third-order valence-corrected chi connectivity index (χ3v) is 11.6. The minimum Gasteiger partial charge on any atom is -0.407 e. The molecule has 2 unspecified atom stereocenters. The first-order valence-corrected chi connectivity index (χ1v) is 13.2. The molecule has 0 saturated carbocycles. The summed E-state index contributed by atoms with van der Waals surface area (Å²) in [6.07, 6.45) is 0.427. The molecule has 0 saturated heterocycles. The minimum atomic E-state index is -2.64. The second-order valence-corrected chi connectivity index (χ2v) is 14.2. The Balaban J connectivity index is 2.38. The van der Waals surface area contributed by atoms with Crippen LogP contribution in [-0.4, -0.2) is 37.3 Å². The van der Waals surface area contributed by atoms with Crippen LogP contribution >= 0.6 is 0 Å². The van der Waals surface area contributed by atoms with Gasteiger partial charge in [0, 0.05) is 24.4 Å². The summed E-state index contributed by atoms with van der Waals surface area (Å²) in [5.74, 6) is -0.469. The molecule has 2 N–H and O–H groups in total. The van der Waals surface area contributed by atoms with Crippen molar-refractivity contribution in [2.75, 3.05) is 6.61 Å². The Labute approximate surface area is 189 Å². The Morgan fingerprint density at radius 3 is 1.71 bits per heavy atom. The largest absolute Gasteiger partial charge is 0.407 e. The summed E-state index contributed by atoms with van der Waals surface area (Å²) in [6, 6.07) is 21.0. The molecule has 0 aliphatic rings. The highest BCUT2D eigenvalue weighted by Crippen LogP contribution is 2.37. The summed E-state index contributed by atoms with van der Waals surface area (Å²) in [4.78, 5) is 0. The number of hydrogen-bond donors (Lipinski definition) is 2. The third kappa shape index (κ3) is 5.56. The van der Waals surface area contributed by atoms with Gasteiger partial charge in [-0.25, -0.2) is 0 Å². The summed E-state index contributed by atoms with van der Waals surface area (Å²) in [7, 11) is -2.64. The van der Waals surface area contributed by atoms with E-state index < -0.39 is 20.5 Å². The number of aliphatic hydroxyl groups excluding tert-OH is 2. The van der Waals surface area contributed by atoms with Gasteiger partial charge in [-0.1, -0.05) is 108 Å². The highest BCUT2D eigenvalue weighted by Gasteiger charge is 2.50. The normalized spacial score (nSPS) is 17.4. The van der Waals surface area contributed by atoms with Crippen molar-refractivity contribution in [2.24, 2.45) is 17.8 Å². The van der Waals surface area contributed by atoms with Crippen molar-refractivity contribution in [3.63, 3.8) is 0 Å². The molecule has 2 rings (SSSR count). The molecule has 3 nitrogen and oxygen atoms in total. The molecule has 2 aromatic carbocycles. The van der Waals surface area contributed by atoms with Crippen LogP contribution in [0.5, 0.6) is 0 Å². The van der Waals surface area contributed by atoms with Gasteiger partial charge in [0.15, 0.2) is 0 Å². The van der Waals surface area contributed by atoms with Gasteiger partial charge in [-0.15, -0.1) is 6.58 Å². The van der Waals surface area contributed by atoms with Crippen molar-refractivity contribution < 1.29 is 14.6 Å². The standard InChI is InChI=1S/C27H40O3Si/c1-8-20(2)25(28)22(4)26(29)21(3)19-30-31(27(5,6)7,23-15-11-9-12-16-23)24-17-13-10-14-18-24/h8-18,20-22,25-26,28-29H,1,19H2,2-7H3/t20?,21-,22?,25-,26+/m1/s1. The maximum absolute atomic E-state index is 11.0. The Morgan fingerprint density at radius 2 is 1.32 bits per heavy atom. The Kier molecular flexibility index (Phi) is 8.84. The molecule has 170 valence electrons. The van der Waals surface area contributed by atoms with Gasteiger partial charge in [0.1, 0.15) is 0 Å². The monoisotopic (exact) mass is 440 g/mol. The van der Waals surface area contributed by atoms with Gasteiger partial charge < -0.3 is 14.6 Å². The van der Waals surface area contributed by atoms with Crippen LogP contribution < -0.4 is 10.4 Å². The Morgan fingerprint density at radius 1 is 0.871 bits per heavy atom. The van der Waals surface area contributed by atoms with Gasteiger partial charge in [0.25, 0.3) is 8.32 Å². The van der Waals surface area contributed by atoms with Crippen LogP contribution in [0.4, 0.5) is 0 Å². The van der Waals surface area contributed by atoms with Crippen molar-refractivity contribution in [2.45, 2.75) is 58.8 Å². The lowest BCUT2D eigenvalue weighted by molar-refractivity contribution is -0.0296. The Bertz CT molecular complexity index is 761. The zero-order chi connectivity index (χ0) is 23.2. The second-order valence-electron chi connectivity index (χ2n) is 9.89. The highest BCUT2D eigenvalue weighted by molar-refractivity contribution is 6.99. The van der Waals surface area contributed by atoms with Crippen molar-refractivity contribution in [3.05, 3.63) is 73.3 Å². The van der Waals surface area contributed by atoms with E-state index in [-0.39, 0.29) is 22.8 Å². The number of hydrogen-bond acceptors (Lipinski definition) is 3. The molecular formula is C27H40O3Si. The molecule has 0 radical (unpaired) electrons. The van der Waals surface area contributed by atoms with E-state index in [4.69, 9.17) is 4.43 Å². The van der Waals surface area contributed by atoms with Crippen LogP contribution in [0.25, 0.3) is 0 Å². The smallest absolute Gasteiger partial charge is 0.261 e. The lowest BCUT2D eigenvalue weighted by Gasteiger charge is -2.44. The van der Waals surface area contributed by atoms with Crippen molar-refractivity contribution in [1.29, 1.82) is 0 Å². The van der Waals surface area contributed by atoms with E-state index in [2.05, 4.69) is 75.9 Å². The first-order chi connectivity index (χ1) is 14.6. The summed E-state index contributed by atoms with van der Waals surface area (Å²) in [6.45, 7) is 16.8. The average molecular weight is 441 g/mol. The molecule has 0 amide bonds. The van der Waals surface area contributed by atoms with E-state index >= 15 is 0 Å². The van der Waals surface area contributed by atoms with Gasteiger partial charge in [0.05, 0.1) is 12.2 Å². The van der Waals surface area contributed by atoms with E-state index in [1.54, 1.807) is 6.08 Å². The zero-order valence-corrected chi connectivity index (χ0v) is 21.0. The lowest BCUT2D eigenvalue weighted by atomic mass is 9.84. The lowest BCUT2D eigenvalue weighted by Crippen LogP contribution is -2.67. The molecule has 2 aromatic rings. The summed E-state index contributed by atoms with van der Waals surface area (Å²) in [5, 5.41) is 23.9. The van der Waals surface area contributed by atoms with Crippen molar-refractivity contribution in [3.8, 4) is 0 Å². The van der Waals surface area contributed by atoms with Crippen LogP contribution in [0.2, 0.25) is 5.04 Å². The summed E-state index contributed by atoms with van der Waals surface area (Å²) in [5.41, 5.74) is 0. The average Bonchev–Trinajstić information content (AvgIpc) is 2.77. The zero-order valence-electron chi connectivity index (χ0n) is 20.0. The number of aliphatic hydroxyl groups is 2. The first-order valence-electron chi connectivity index (χ1n) is 11.3. The third-order valence-electron chi connectivity index (χ3n) is 6.55. The predicted molar refractivity (Wildman–Crippen MR) is 133 cm³/mol. The van der Waals surface area contributed by atoms with E-state index in [0.717, 1.165) is 0 Å². The van der Waals surface area contributed by atoms with Gasteiger partial charge in [0.2, 0.25) is 0 Å². The molecule has 0 aliphatic carbocycles. The quantitative estimate of drug-likeness (QED) is 0.426. The minimum absolute atomic E-state index is 0.0746. The fraction of sp³-hybridized carbons (Fsp3) is 0.481. The summed E-state index contributed by atoms with van der Waals surface area (Å²) < 4.78 is 6.94. The van der Waals surface area contributed by atoms with Crippen LogP contribution in [0.1, 0.15) is 41.5 Å². The molecule has 5 atom stereocenters. The summed E-state index contributed by atoms with van der Waals surface area (Å²) >= 11 is 0. The van der Waals surface area contributed by atoms with Gasteiger partial charge in [-0.05, 0) is 15.4 Å². The fourth-order valence-electron chi connectivity index (χ4n) is 4.46. The number of rotatable bonds is 10. The van der Waals surface area contributed by atoms with Crippen LogP contribution in [-0.2, 0) is 4.43 Å². The van der Waals surface area contributed by atoms with Crippen LogP contribution in [0.15, 0.2) is 73.3 Å². The SMILES string of the molecule is C=CC(C)[C@@H](O)C(C)[C@@H](O)[C@H](C)CO[Si](c1ccccc1)(c1ccccc1)C(C)(C)C. The van der Waals surface area contributed by atoms with Crippen LogP contribution in [0, 0.1) is 17.8 Å². The molecule has 0 spiro atoms. The topological polar surface area (TPSA) is 49.7 Å².